The Morgan fingerprint density at radius 2 is 1.95 bits per heavy atom. The van der Waals surface area contributed by atoms with Crippen LogP contribution in [0.3, 0.4) is 0 Å². The van der Waals surface area contributed by atoms with Crippen LogP contribution in [0.2, 0.25) is 0 Å². The van der Waals surface area contributed by atoms with Gasteiger partial charge in [-0.2, -0.15) is 0 Å². The summed E-state index contributed by atoms with van der Waals surface area (Å²) in [6, 6.07) is 7.97. The first kappa shape index (κ1) is 16.7. The van der Waals surface area contributed by atoms with Gasteiger partial charge in [-0.1, -0.05) is 38.1 Å². The van der Waals surface area contributed by atoms with Crippen LogP contribution < -0.4 is 5.32 Å². The second-order valence-electron chi connectivity index (χ2n) is 5.29. The summed E-state index contributed by atoms with van der Waals surface area (Å²) in [7, 11) is 0. The molecule has 4 heteroatoms. The predicted octanol–water partition coefficient (Wildman–Crippen LogP) is 2.07. The quantitative estimate of drug-likeness (QED) is 0.715. The van der Waals surface area contributed by atoms with E-state index < -0.39 is 6.10 Å². The van der Waals surface area contributed by atoms with E-state index in [9.17, 15) is 9.90 Å². The fourth-order valence-electron chi connectivity index (χ4n) is 1.99. The minimum absolute atomic E-state index is 0.121. The number of benzene rings is 1. The standard InChI is InChI=1S/C16H25NO3/c1-4-20-16(19)11-17-10-15(18)14-7-5-13(6-8-14)9-12(2)3/h5-8,12,15,17-18H,4,9-11H2,1-3H3. The van der Waals surface area contributed by atoms with Crippen molar-refractivity contribution in [1.29, 1.82) is 0 Å². The second kappa shape index (κ2) is 8.72. The molecular weight excluding hydrogens is 254 g/mol. The third kappa shape index (κ3) is 6.17. The molecule has 0 bridgehead atoms. The van der Waals surface area contributed by atoms with E-state index in [0.717, 1.165) is 12.0 Å². The molecule has 0 saturated heterocycles. The summed E-state index contributed by atoms with van der Waals surface area (Å²) in [5, 5.41) is 12.9. The lowest BCUT2D eigenvalue weighted by molar-refractivity contribution is -0.142. The van der Waals surface area contributed by atoms with Crippen LogP contribution in [0.25, 0.3) is 0 Å². The van der Waals surface area contributed by atoms with E-state index in [1.807, 2.05) is 24.3 Å². The molecule has 1 atom stereocenters. The van der Waals surface area contributed by atoms with Crippen molar-refractivity contribution >= 4 is 5.97 Å². The number of carbonyl (C=O) groups is 1. The maximum absolute atomic E-state index is 11.1. The Morgan fingerprint density at radius 3 is 2.50 bits per heavy atom. The second-order valence-corrected chi connectivity index (χ2v) is 5.29. The van der Waals surface area contributed by atoms with E-state index in [2.05, 4.69) is 19.2 Å². The van der Waals surface area contributed by atoms with Crippen molar-refractivity contribution in [3.05, 3.63) is 35.4 Å². The number of carbonyl (C=O) groups excluding carboxylic acids is 1. The number of aliphatic hydroxyl groups is 1. The molecule has 0 aliphatic rings. The topological polar surface area (TPSA) is 58.6 Å². The van der Waals surface area contributed by atoms with Gasteiger partial charge in [0, 0.05) is 6.54 Å². The van der Waals surface area contributed by atoms with Gasteiger partial charge in [0.25, 0.3) is 0 Å². The Kier molecular flexibility index (Phi) is 7.26. The molecule has 1 aromatic carbocycles. The Labute approximate surface area is 121 Å². The van der Waals surface area contributed by atoms with Crippen LogP contribution in [-0.4, -0.2) is 30.8 Å². The number of aliphatic hydroxyl groups excluding tert-OH is 1. The molecule has 0 aliphatic carbocycles. The summed E-state index contributed by atoms with van der Waals surface area (Å²) in [6.45, 7) is 6.97. The molecule has 1 aromatic rings. The number of hydrogen-bond donors (Lipinski definition) is 2. The van der Waals surface area contributed by atoms with Crippen LogP contribution in [-0.2, 0) is 16.0 Å². The smallest absolute Gasteiger partial charge is 0.319 e. The molecule has 112 valence electrons. The third-order valence-corrected chi connectivity index (χ3v) is 2.92. The zero-order valence-electron chi connectivity index (χ0n) is 12.6. The number of ether oxygens (including phenoxy) is 1. The van der Waals surface area contributed by atoms with Gasteiger partial charge in [0.2, 0.25) is 0 Å². The van der Waals surface area contributed by atoms with Crippen LogP contribution in [0.5, 0.6) is 0 Å². The Bertz CT molecular complexity index is 401. The van der Waals surface area contributed by atoms with Crippen molar-refractivity contribution in [3.63, 3.8) is 0 Å². The maximum atomic E-state index is 11.1. The van der Waals surface area contributed by atoms with Gasteiger partial charge in [-0.3, -0.25) is 4.79 Å². The molecule has 0 amide bonds. The lowest BCUT2D eigenvalue weighted by atomic mass is 10.0. The molecule has 0 spiro atoms. The summed E-state index contributed by atoms with van der Waals surface area (Å²) in [6.07, 6.45) is 0.426. The lowest BCUT2D eigenvalue weighted by Gasteiger charge is -2.13. The highest BCUT2D eigenvalue weighted by atomic mass is 16.5. The summed E-state index contributed by atoms with van der Waals surface area (Å²) in [5.41, 5.74) is 2.13. The van der Waals surface area contributed by atoms with Crippen molar-refractivity contribution in [2.75, 3.05) is 19.7 Å². The minimum atomic E-state index is -0.613. The summed E-state index contributed by atoms with van der Waals surface area (Å²) in [5.74, 6) is 0.323. The average molecular weight is 279 g/mol. The fraction of sp³-hybridized carbons (Fsp3) is 0.562. The highest BCUT2D eigenvalue weighted by Crippen LogP contribution is 2.15. The van der Waals surface area contributed by atoms with Crippen molar-refractivity contribution in [2.45, 2.75) is 33.3 Å². The molecule has 1 rings (SSSR count). The number of esters is 1. The van der Waals surface area contributed by atoms with E-state index in [0.29, 0.717) is 19.1 Å². The first-order chi connectivity index (χ1) is 9.52. The fourth-order valence-corrected chi connectivity index (χ4v) is 1.99. The highest BCUT2D eigenvalue weighted by Gasteiger charge is 2.09. The number of hydrogen-bond acceptors (Lipinski definition) is 4. The molecule has 4 nitrogen and oxygen atoms in total. The average Bonchev–Trinajstić information content (AvgIpc) is 2.39. The van der Waals surface area contributed by atoms with Crippen LogP contribution >= 0.6 is 0 Å². The molecule has 0 aromatic heterocycles. The minimum Gasteiger partial charge on any atom is -0.465 e. The van der Waals surface area contributed by atoms with Gasteiger partial charge in [-0.15, -0.1) is 0 Å². The van der Waals surface area contributed by atoms with Crippen LogP contribution in [0.15, 0.2) is 24.3 Å². The van der Waals surface area contributed by atoms with E-state index in [1.54, 1.807) is 6.92 Å². The van der Waals surface area contributed by atoms with Crippen LogP contribution in [0.1, 0.15) is 38.0 Å². The van der Waals surface area contributed by atoms with Crippen molar-refractivity contribution in [1.82, 2.24) is 5.32 Å². The third-order valence-electron chi connectivity index (χ3n) is 2.92. The van der Waals surface area contributed by atoms with Crippen molar-refractivity contribution < 1.29 is 14.6 Å². The summed E-state index contributed by atoms with van der Waals surface area (Å²) < 4.78 is 4.80. The van der Waals surface area contributed by atoms with E-state index in [-0.39, 0.29) is 12.5 Å². The van der Waals surface area contributed by atoms with E-state index in [1.165, 1.54) is 5.56 Å². The van der Waals surface area contributed by atoms with E-state index >= 15 is 0 Å². The van der Waals surface area contributed by atoms with E-state index in [4.69, 9.17) is 4.74 Å². The predicted molar refractivity (Wildman–Crippen MR) is 79.4 cm³/mol. The van der Waals surface area contributed by atoms with Gasteiger partial charge in [-0.25, -0.2) is 0 Å². The molecule has 2 N–H and O–H groups in total. The van der Waals surface area contributed by atoms with Crippen molar-refractivity contribution in [2.24, 2.45) is 5.92 Å². The van der Waals surface area contributed by atoms with Gasteiger partial charge >= 0.3 is 5.97 Å². The first-order valence-corrected chi connectivity index (χ1v) is 7.16. The SMILES string of the molecule is CCOC(=O)CNCC(O)c1ccc(CC(C)C)cc1. The molecule has 0 fully saturated rings. The first-order valence-electron chi connectivity index (χ1n) is 7.16. The molecule has 0 saturated carbocycles. The normalized spacial score (nSPS) is 12.4. The van der Waals surface area contributed by atoms with Crippen LogP contribution in [0.4, 0.5) is 0 Å². The Morgan fingerprint density at radius 1 is 1.30 bits per heavy atom. The monoisotopic (exact) mass is 279 g/mol. The largest absolute Gasteiger partial charge is 0.465 e. The Hall–Kier alpha value is -1.39. The van der Waals surface area contributed by atoms with Gasteiger partial charge in [0.15, 0.2) is 0 Å². The highest BCUT2D eigenvalue weighted by molar-refractivity contribution is 5.71. The summed E-state index contributed by atoms with van der Waals surface area (Å²) >= 11 is 0. The van der Waals surface area contributed by atoms with Gasteiger partial charge < -0.3 is 15.2 Å². The van der Waals surface area contributed by atoms with Gasteiger partial charge in [0.1, 0.15) is 0 Å². The molecule has 0 aliphatic heterocycles. The number of nitrogens with one attached hydrogen (secondary N) is 1. The van der Waals surface area contributed by atoms with Crippen molar-refractivity contribution in [3.8, 4) is 0 Å². The molecular formula is C16H25NO3. The molecule has 0 radical (unpaired) electrons. The van der Waals surface area contributed by atoms with Gasteiger partial charge in [-0.05, 0) is 30.4 Å². The number of rotatable bonds is 8. The zero-order chi connectivity index (χ0) is 15.0. The molecule has 1 unspecified atom stereocenters. The Balaban J connectivity index is 2.39. The maximum Gasteiger partial charge on any atom is 0.319 e. The zero-order valence-corrected chi connectivity index (χ0v) is 12.6. The molecule has 20 heavy (non-hydrogen) atoms. The molecule has 0 heterocycles. The van der Waals surface area contributed by atoms with Gasteiger partial charge in [0.05, 0.1) is 19.3 Å². The summed E-state index contributed by atoms with van der Waals surface area (Å²) in [4.78, 5) is 11.1. The van der Waals surface area contributed by atoms with Crippen LogP contribution in [0, 0.1) is 5.92 Å². The lowest BCUT2D eigenvalue weighted by Crippen LogP contribution is -2.28.